The van der Waals surface area contributed by atoms with Crippen molar-refractivity contribution in [2.45, 2.75) is 4.90 Å². The zero-order valence-electron chi connectivity index (χ0n) is 12.9. The molecule has 4 nitrogen and oxygen atoms in total. The van der Waals surface area contributed by atoms with Crippen LogP contribution in [0.3, 0.4) is 0 Å². The van der Waals surface area contributed by atoms with E-state index in [0.717, 1.165) is 16.0 Å². The minimum absolute atomic E-state index is 0.409. The van der Waals surface area contributed by atoms with E-state index in [1.807, 2.05) is 48.5 Å². The molecule has 2 aromatic carbocycles. The van der Waals surface area contributed by atoms with Crippen LogP contribution >= 0.6 is 23.5 Å². The molecule has 0 saturated heterocycles. The van der Waals surface area contributed by atoms with E-state index < -0.39 is 5.56 Å². The molecule has 0 radical (unpaired) electrons. The SMILES string of the molecule is CN(Sc1ccc(-c2ccc(Cl)cc2)cc1)c1cccn(O)c1=O. The summed E-state index contributed by atoms with van der Waals surface area (Å²) in [6.45, 7) is 0. The van der Waals surface area contributed by atoms with Crippen LogP contribution in [0.4, 0.5) is 5.69 Å². The maximum Gasteiger partial charge on any atom is 0.307 e. The molecule has 0 atom stereocenters. The van der Waals surface area contributed by atoms with Crippen LogP contribution in [0, 0.1) is 0 Å². The normalized spacial score (nSPS) is 10.6. The number of halogens is 1. The van der Waals surface area contributed by atoms with Crippen molar-refractivity contribution >= 4 is 29.2 Å². The van der Waals surface area contributed by atoms with Gasteiger partial charge >= 0.3 is 5.56 Å². The summed E-state index contributed by atoms with van der Waals surface area (Å²) in [6, 6.07) is 19.0. The first-order chi connectivity index (χ1) is 11.5. The maximum atomic E-state index is 11.9. The number of hydrogen-bond donors (Lipinski definition) is 1. The van der Waals surface area contributed by atoms with Crippen LogP contribution in [0.25, 0.3) is 11.1 Å². The van der Waals surface area contributed by atoms with Crippen LogP contribution in [0.1, 0.15) is 0 Å². The smallest absolute Gasteiger partial charge is 0.307 e. The fourth-order valence-corrected chi connectivity index (χ4v) is 3.21. The van der Waals surface area contributed by atoms with E-state index in [1.54, 1.807) is 23.5 Å². The third-order valence-electron chi connectivity index (χ3n) is 3.52. The van der Waals surface area contributed by atoms with E-state index in [2.05, 4.69) is 0 Å². The monoisotopic (exact) mass is 358 g/mol. The highest BCUT2D eigenvalue weighted by atomic mass is 35.5. The molecule has 1 aromatic heterocycles. The Morgan fingerprint density at radius 1 is 1.00 bits per heavy atom. The number of nitrogens with zero attached hydrogens (tertiary/aromatic N) is 2. The highest BCUT2D eigenvalue weighted by molar-refractivity contribution is 8.00. The Morgan fingerprint density at radius 3 is 2.21 bits per heavy atom. The molecule has 0 fully saturated rings. The molecule has 0 unspecified atom stereocenters. The number of anilines is 1. The highest BCUT2D eigenvalue weighted by Crippen LogP contribution is 2.28. The topological polar surface area (TPSA) is 45.5 Å². The van der Waals surface area contributed by atoms with Gasteiger partial charge in [0.1, 0.15) is 5.69 Å². The molecule has 6 heteroatoms. The first kappa shape index (κ1) is 16.5. The number of hydrogen-bond acceptors (Lipinski definition) is 4. The first-order valence-corrected chi connectivity index (χ1v) is 8.38. The lowest BCUT2D eigenvalue weighted by Crippen LogP contribution is -2.23. The lowest BCUT2D eigenvalue weighted by molar-refractivity contribution is 0.175. The van der Waals surface area contributed by atoms with Crippen molar-refractivity contribution in [3.63, 3.8) is 0 Å². The van der Waals surface area contributed by atoms with Gasteiger partial charge < -0.3 is 9.51 Å². The summed E-state index contributed by atoms with van der Waals surface area (Å²) >= 11 is 7.32. The summed E-state index contributed by atoms with van der Waals surface area (Å²) < 4.78 is 2.31. The van der Waals surface area contributed by atoms with Crippen LogP contribution in [-0.4, -0.2) is 17.0 Å². The molecule has 0 saturated carbocycles. The van der Waals surface area contributed by atoms with Crippen molar-refractivity contribution in [3.8, 4) is 11.1 Å². The molecule has 0 aliphatic carbocycles. The Kier molecular flexibility index (Phi) is 4.83. The third kappa shape index (κ3) is 3.58. The van der Waals surface area contributed by atoms with Crippen LogP contribution in [0.15, 0.2) is 76.6 Å². The lowest BCUT2D eigenvalue weighted by Gasteiger charge is -2.17. The van der Waals surface area contributed by atoms with Crippen molar-refractivity contribution in [3.05, 3.63) is 82.2 Å². The van der Waals surface area contributed by atoms with Gasteiger partial charge in [0.2, 0.25) is 0 Å². The zero-order valence-corrected chi connectivity index (χ0v) is 14.5. The van der Waals surface area contributed by atoms with Crippen molar-refractivity contribution in [2.24, 2.45) is 0 Å². The summed E-state index contributed by atoms with van der Waals surface area (Å²) in [5.74, 6) is 0. The number of pyridine rings is 1. The second-order valence-corrected chi connectivity index (χ2v) is 6.80. The molecular formula is C18H15ClN2O2S. The van der Waals surface area contributed by atoms with Gasteiger partial charge in [0.05, 0.1) is 0 Å². The van der Waals surface area contributed by atoms with Gasteiger partial charge in [0, 0.05) is 23.2 Å². The van der Waals surface area contributed by atoms with Gasteiger partial charge in [-0.1, -0.05) is 35.9 Å². The van der Waals surface area contributed by atoms with E-state index in [0.29, 0.717) is 15.4 Å². The quantitative estimate of drug-likeness (QED) is 0.549. The van der Waals surface area contributed by atoms with Gasteiger partial charge in [0.15, 0.2) is 0 Å². The van der Waals surface area contributed by atoms with Gasteiger partial charge in [-0.05, 0) is 59.5 Å². The second kappa shape index (κ2) is 7.03. The fraction of sp³-hybridized carbons (Fsp3) is 0.0556. The maximum absolute atomic E-state index is 11.9. The average Bonchev–Trinajstić information content (AvgIpc) is 2.59. The van der Waals surface area contributed by atoms with Crippen LogP contribution in [0.2, 0.25) is 5.02 Å². The minimum Gasteiger partial charge on any atom is -0.425 e. The molecule has 1 N–H and O–H groups in total. The molecule has 0 aliphatic heterocycles. The Morgan fingerprint density at radius 2 is 1.58 bits per heavy atom. The van der Waals surface area contributed by atoms with Crippen molar-refractivity contribution in [1.29, 1.82) is 0 Å². The van der Waals surface area contributed by atoms with Gasteiger partial charge in [-0.25, -0.2) is 0 Å². The van der Waals surface area contributed by atoms with Crippen molar-refractivity contribution < 1.29 is 5.21 Å². The van der Waals surface area contributed by atoms with E-state index in [4.69, 9.17) is 11.6 Å². The minimum atomic E-state index is -0.453. The van der Waals surface area contributed by atoms with Crippen LogP contribution in [0.5, 0.6) is 0 Å². The van der Waals surface area contributed by atoms with Crippen molar-refractivity contribution in [1.82, 2.24) is 4.73 Å². The van der Waals surface area contributed by atoms with Gasteiger partial charge in [-0.3, -0.25) is 4.79 Å². The van der Waals surface area contributed by atoms with Gasteiger partial charge in [0.25, 0.3) is 0 Å². The molecule has 0 amide bonds. The summed E-state index contributed by atoms with van der Waals surface area (Å²) in [5.41, 5.74) is 2.14. The van der Waals surface area contributed by atoms with Gasteiger partial charge in [-0.2, -0.15) is 4.73 Å². The number of rotatable bonds is 4. The molecule has 122 valence electrons. The predicted molar refractivity (Wildman–Crippen MR) is 99.0 cm³/mol. The van der Waals surface area contributed by atoms with Crippen LogP contribution < -0.4 is 9.86 Å². The third-order valence-corrected chi connectivity index (χ3v) is 4.73. The second-order valence-electron chi connectivity index (χ2n) is 5.16. The molecule has 0 spiro atoms. The average molecular weight is 359 g/mol. The van der Waals surface area contributed by atoms with Crippen LogP contribution in [-0.2, 0) is 0 Å². The fourth-order valence-electron chi connectivity index (χ4n) is 2.27. The molecule has 0 bridgehead atoms. The zero-order chi connectivity index (χ0) is 17.1. The van der Waals surface area contributed by atoms with E-state index in [9.17, 15) is 10.0 Å². The molecule has 24 heavy (non-hydrogen) atoms. The molecule has 1 heterocycles. The Bertz CT molecular complexity index is 892. The van der Waals surface area contributed by atoms with Gasteiger partial charge in [-0.15, -0.1) is 0 Å². The summed E-state index contributed by atoms with van der Waals surface area (Å²) in [6.07, 6.45) is 1.31. The Hall–Kier alpha value is -2.37. The predicted octanol–water partition coefficient (Wildman–Crippen LogP) is 4.55. The highest BCUT2D eigenvalue weighted by Gasteiger charge is 2.09. The van der Waals surface area contributed by atoms with E-state index >= 15 is 0 Å². The molecule has 3 aromatic rings. The Balaban J connectivity index is 1.77. The standard InChI is InChI=1S/C18H15ClN2O2S/c1-20(17-3-2-12-21(23)18(17)22)24-16-10-6-14(7-11-16)13-4-8-15(19)9-5-13/h2-12,23H,1H3. The summed E-state index contributed by atoms with van der Waals surface area (Å²) in [7, 11) is 1.79. The largest absolute Gasteiger partial charge is 0.425 e. The summed E-state index contributed by atoms with van der Waals surface area (Å²) in [4.78, 5) is 12.9. The number of aromatic nitrogens is 1. The summed E-state index contributed by atoms with van der Waals surface area (Å²) in [5, 5.41) is 10.2. The van der Waals surface area contributed by atoms with Crippen molar-refractivity contribution in [2.75, 3.05) is 11.4 Å². The lowest BCUT2D eigenvalue weighted by atomic mass is 10.1. The molecular weight excluding hydrogens is 344 g/mol. The Labute approximate surface area is 149 Å². The number of benzene rings is 2. The first-order valence-electron chi connectivity index (χ1n) is 7.23. The van der Waals surface area contributed by atoms with E-state index in [-0.39, 0.29) is 0 Å². The molecule has 0 aliphatic rings. The van der Waals surface area contributed by atoms with E-state index in [1.165, 1.54) is 18.1 Å². The molecule has 3 rings (SSSR count).